The van der Waals surface area contributed by atoms with Crippen LogP contribution < -0.4 is 5.32 Å². The molecule has 5 aromatic rings. The van der Waals surface area contributed by atoms with Crippen LogP contribution in [0.2, 0.25) is 0 Å². The summed E-state index contributed by atoms with van der Waals surface area (Å²) in [7, 11) is 0. The third kappa shape index (κ3) is 6.18. The number of H-pyrrole nitrogens is 1. The van der Waals surface area contributed by atoms with Gasteiger partial charge in [-0.15, -0.1) is 0 Å². The Balaban J connectivity index is 1.55. The molecule has 0 bridgehead atoms. The molecule has 1 atom stereocenters. The number of anilines is 1. The van der Waals surface area contributed by atoms with Crippen LogP contribution in [0.5, 0.6) is 0 Å². The van der Waals surface area contributed by atoms with Gasteiger partial charge < -0.3 is 10.3 Å². The summed E-state index contributed by atoms with van der Waals surface area (Å²) in [6.45, 7) is 1.91. The Kier molecular flexibility index (Phi) is 8.16. The number of nitrogens with zero attached hydrogens (tertiary/aromatic N) is 1. The number of fused-ring (bicyclic) bond motifs is 1. The van der Waals surface area contributed by atoms with E-state index < -0.39 is 23.8 Å². The molecule has 6 heteroatoms. The summed E-state index contributed by atoms with van der Waals surface area (Å²) >= 11 is 0. The average molecular weight is 530 g/mol. The topological polar surface area (TPSA) is 82.3 Å². The van der Waals surface area contributed by atoms with Crippen LogP contribution in [0, 0.1) is 6.92 Å². The zero-order valence-electron chi connectivity index (χ0n) is 22.3. The van der Waals surface area contributed by atoms with Gasteiger partial charge in [-0.1, -0.05) is 97.1 Å². The summed E-state index contributed by atoms with van der Waals surface area (Å²) in [5.74, 6) is -1.25. The van der Waals surface area contributed by atoms with E-state index in [9.17, 15) is 14.4 Å². The quantitative estimate of drug-likeness (QED) is 0.251. The van der Waals surface area contributed by atoms with Crippen molar-refractivity contribution in [1.29, 1.82) is 0 Å². The fourth-order valence-corrected chi connectivity index (χ4v) is 4.94. The number of hydrogen-bond acceptors (Lipinski definition) is 3. The van der Waals surface area contributed by atoms with E-state index >= 15 is 0 Å². The molecular formula is C34H31N3O3. The van der Waals surface area contributed by atoms with Gasteiger partial charge >= 0.3 is 0 Å². The fourth-order valence-electron chi connectivity index (χ4n) is 4.94. The van der Waals surface area contributed by atoms with Gasteiger partial charge in [0.05, 0.1) is 12.8 Å². The Bertz CT molecular complexity index is 1570. The maximum Gasteiger partial charge on any atom is 0.248 e. The summed E-state index contributed by atoms with van der Waals surface area (Å²) in [5.41, 5.74) is 4.85. The molecule has 1 heterocycles. The lowest BCUT2D eigenvalue weighted by Crippen LogP contribution is -2.52. The van der Waals surface area contributed by atoms with Crippen molar-refractivity contribution in [2.24, 2.45) is 0 Å². The minimum Gasteiger partial charge on any atom is -0.361 e. The van der Waals surface area contributed by atoms with Crippen LogP contribution in [0.4, 0.5) is 5.69 Å². The minimum atomic E-state index is -1.06. The number of imide groups is 1. The Morgan fingerprint density at radius 1 is 0.725 bits per heavy atom. The molecule has 200 valence electrons. The smallest absolute Gasteiger partial charge is 0.248 e. The Morgan fingerprint density at radius 3 is 1.90 bits per heavy atom. The van der Waals surface area contributed by atoms with Crippen molar-refractivity contribution in [2.75, 3.05) is 5.32 Å². The third-order valence-electron chi connectivity index (χ3n) is 7.04. The molecule has 1 unspecified atom stereocenters. The predicted octanol–water partition coefficient (Wildman–Crippen LogP) is 5.87. The molecule has 6 nitrogen and oxygen atoms in total. The highest BCUT2D eigenvalue weighted by atomic mass is 16.2. The van der Waals surface area contributed by atoms with E-state index in [1.54, 1.807) is 0 Å². The van der Waals surface area contributed by atoms with Crippen molar-refractivity contribution in [1.82, 2.24) is 9.88 Å². The molecule has 0 saturated carbocycles. The molecule has 1 aromatic heterocycles. The minimum absolute atomic E-state index is 0.00337. The van der Waals surface area contributed by atoms with Crippen LogP contribution >= 0.6 is 0 Å². The van der Waals surface area contributed by atoms with E-state index in [2.05, 4.69) is 10.3 Å². The van der Waals surface area contributed by atoms with Crippen molar-refractivity contribution >= 4 is 34.3 Å². The van der Waals surface area contributed by atoms with Crippen LogP contribution in [-0.2, 0) is 33.6 Å². The van der Waals surface area contributed by atoms with Crippen LogP contribution in [0.25, 0.3) is 10.9 Å². The van der Waals surface area contributed by atoms with Crippen molar-refractivity contribution in [3.05, 3.63) is 138 Å². The molecule has 3 amide bonds. The standard InChI is InChI=1S/C34H31N3O3/c1-24-12-8-10-18-29(24)36-34(40)31(22-27-23-35-30-19-11-9-17-28(27)30)37(32(38)20-25-13-4-2-5-14-25)33(39)21-26-15-6-3-7-16-26/h2-19,23,31,35H,20-22H2,1H3,(H,36,40). The maximum absolute atomic E-state index is 14.0. The number of hydrogen-bond donors (Lipinski definition) is 2. The number of nitrogens with one attached hydrogen (secondary N) is 2. The number of amides is 3. The average Bonchev–Trinajstić information content (AvgIpc) is 3.38. The van der Waals surface area contributed by atoms with E-state index in [0.29, 0.717) is 5.69 Å². The summed E-state index contributed by atoms with van der Waals surface area (Å²) in [6, 6.07) is 32.8. The molecule has 40 heavy (non-hydrogen) atoms. The second-order valence-corrected chi connectivity index (χ2v) is 9.87. The van der Waals surface area contributed by atoms with E-state index in [1.807, 2.05) is 122 Å². The van der Waals surface area contributed by atoms with Crippen molar-refractivity contribution in [2.45, 2.75) is 32.2 Å². The van der Waals surface area contributed by atoms with Gasteiger partial charge in [0.15, 0.2) is 0 Å². The molecule has 0 aliphatic carbocycles. The monoisotopic (exact) mass is 529 g/mol. The maximum atomic E-state index is 14.0. The first-order chi connectivity index (χ1) is 19.5. The second kappa shape index (κ2) is 12.3. The molecule has 0 spiro atoms. The number of benzene rings is 4. The summed E-state index contributed by atoms with van der Waals surface area (Å²) < 4.78 is 0. The van der Waals surface area contributed by atoms with Crippen LogP contribution in [0.3, 0.4) is 0 Å². The molecule has 0 aliphatic heterocycles. The number of carbonyl (C=O) groups is 3. The number of carbonyl (C=O) groups excluding carboxylic acids is 3. The van der Waals surface area contributed by atoms with Gasteiger partial charge in [0.1, 0.15) is 6.04 Å². The zero-order chi connectivity index (χ0) is 27.9. The summed E-state index contributed by atoms with van der Waals surface area (Å²) in [4.78, 5) is 46.3. The zero-order valence-corrected chi connectivity index (χ0v) is 22.3. The van der Waals surface area contributed by atoms with E-state index in [0.717, 1.165) is 33.2 Å². The van der Waals surface area contributed by atoms with Gasteiger partial charge in [-0.05, 0) is 41.3 Å². The lowest BCUT2D eigenvalue weighted by Gasteiger charge is -2.30. The van der Waals surface area contributed by atoms with Gasteiger partial charge in [-0.3, -0.25) is 19.3 Å². The van der Waals surface area contributed by atoms with Gasteiger partial charge in [0.2, 0.25) is 17.7 Å². The normalized spacial score (nSPS) is 11.6. The molecule has 5 rings (SSSR count). The first-order valence-corrected chi connectivity index (χ1v) is 13.3. The molecule has 0 saturated heterocycles. The van der Waals surface area contributed by atoms with Gasteiger partial charge in [0, 0.05) is 29.2 Å². The number of para-hydroxylation sites is 2. The SMILES string of the molecule is Cc1ccccc1NC(=O)C(Cc1c[nH]c2ccccc12)N(C(=O)Cc1ccccc1)C(=O)Cc1ccccc1. The highest BCUT2D eigenvalue weighted by molar-refractivity contribution is 6.05. The summed E-state index contributed by atoms with van der Waals surface area (Å²) in [5, 5.41) is 3.94. The second-order valence-electron chi connectivity index (χ2n) is 9.87. The van der Waals surface area contributed by atoms with Crippen molar-refractivity contribution in [3.63, 3.8) is 0 Å². The van der Waals surface area contributed by atoms with Crippen molar-refractivity contribution < 1.29 is 14.4 Å². The van der Waals surface area contributed by atoms with E-state index in [4.69, 9.17) is 0 Å². The fraction of sp³-hybridized carbons (Fsp3) is 0.147. The number of rotatable bonds is 9. The largest absolute Gasteiger partial charge is 0.361 e. The third-order valence-corrected chi connectivity index (χ3v) is 7.04. The van der Waals surface area contributed by atoms with E-state index in [-0.39, 0.29) is 19.3 Å². The number of aryl methyl sites for hydroxylation is 1. The molecule has 2 N–H and O–H groups in total. The Hall–Kier alpha value is -4.97. The highest BCUT2D eigenvalue weighted by Gasteiger charge is 2.35. The summed E-state index contributed by atoms with van der Waals surface area (Å²) in [6.07, 6.45) is 2.02. The van der Waals surface area contributed by atoms with E-state index in [1.165, 1.54) is 4.90 Å². The first kappa shape index (κ1) is 26.6. The number of aromatic nitrogens is 1. The molecular weight excluding hydrogens is 498 g/mol. The Labute approximate surface area is 233 Å². The molecule has 4 aromatic carbocycles. The molecule has 0 aliphatic rings. The molecule has 0 radical (unpaired) electrons. The predicted molar refractivity (Wildman–Crippen MR) is 158 cm³/mol. The first-order valence-electron chi connectivity index (χ1n) is 13.3. The van der Waals surface area contributed by atoms with Crippen LogP contribution in [0.1, 0.15) is 22.3 Å². The lowest BCUT2D eigenvalue weighted by atomic mass is 10.00. The molecule has 0 fully saturated rings. The van der Waals surface area contributed by atoms with Gasteiger partial charge in [-0.2, -0.15) is 0 Å². The lowest BCUT2D eigenvalue weighted by molar-refractivity contribution is -0.150. The number of aromatic amines is 1. The van der Waals surface area contributed by atoms with Crippen LogP contribution in [0.15, 0.2) is 115 Å². The van der Waals surface area contributed by atoms with Gasteiger partial charge in [0.25, 0.3) is 0 Å². The van der Waals surface area contributed by atoms with Crippen LogP contribution in [-0.4, -0.2) is 33.6 Å². The van der Waals surface area contributed by atoms with Gasteiger partial charge in [-0.25, -0.2) is 0 Å². The Morgan fingerprint density at radius 2 is 1.27 bits per heavy atom. The highest BCUT2D eigenvalue weighted by Crippen LogP contribution is 2.23. The van der Waals surface area contributed by atoms with Crippen molar-refractivity contribution in [3.8, 4) is 0 Å².